The topological polar surface area (TPSA) is 75.4 Å². The third kappa shape index (κ3) is 4.23. The zero-order valence-electron chi connectivity index (χ0n) is 13.8. The van der Waals surface area contributed by atoms with Crippen molar-refractivity contribution >= 4 is 10.0 Å². The van der Waals surface area contributed by atoms with Gasteiger partial charge in [-0.15, -0.1) is 0 Å². The predicted molar refractivity (Wildman–Crippen MR) is 91.7 cm³/mol. The summed E-state index contributed by atoms with van der Waals surface area (Å²) >= 11 is 0. The highest BCUT2D eigenvalue weighted by molar-refractivity contribution is 7.88. The third-order valence-corrected chi connectivity index (χ3v) is 5.83. The van der Waals surface area contributed by atoms with Gasteiger partial charge in [0.05, 0.1) is 5.69 Å². The van der Waals surface area contributed by atoms with Crippen LogP contribution < -0.4 is 4.72 Å². The maximum absolute atomic E-state index is 12.3. The van der Waals surface area contributed by atoms with Crippen LogP contribution in [-0.2, 0) is 15.8 Å². The number of benzene rings is 1. The van der Waals surface area contributed by atoms with E-state index < -0.39 is 10.0 Å². The molecule has 2 atom stereocenters. The zero-order chi connectivity index (χ0) is 17.0. The van der Waals surface area contributed by atoms with Crippen molar-refractivity contribution in [1.29, 1.82) is 0 Å². The molecule has 1 N–H and O–H groups in total. The van der Waals surface area contributed by atoms with Crippen LogP contribution in [0.1, 0.15) is 30.1 Å². The van der Waals surface area contributed by atoms with Crippen molar-refractivity contribution in [3.05, 3.63) is 53.9 Å². The first-order valence-corrected chi connectivity index (χ1v) is 9.82. The molecule has 2 aromatic rings. The molecule has 1 fully saturated rings. The minimum Gasteiger partial charge on any atom is -0.364 e. The summed E-state index contributed by atoms with van der Waals surface area (Å²) in [5.41, 5.74) is 1.66. The molecule has 7 heteroatoms. The van der Waals surface area contributed by atoms with Crippen molar-refractivity contribution in [2.45, 2.75) is 24.6 Å². The number of piperidine rings is 1. The minimum atomic E-state index is -3.42. The molecular formula is C17H23N3O3S. The minimum absolute atomic E-state index is 0.151. The average Bonchev–Trinajstić information content (AvgIpc) is 3.06. The first-order chi connectivity index (χ1) is 11.6. The molecule has 3 rings (SSSR count). The van der Waals surface area contributed by atoms with Gasteiger partial charge in [0, 0.05) is 18.7 Å². The Morgan fingerprint density at radius 3 is 2.79 bits per heavy atom. The molecule has 6 nitrogen and oxygen atoms in total. The zero-order valence-corrected chi connectivity index (χ0v) is 14.6. The lowest BCUT2D eigenvalue weighted by atomic mass is 9.85. The van der Waals surface area contributed by atoms with E-state index in [4.69, 9.17) is 4.52 Å². The van der Waals surface area contributed by atoms with Crippen molar-refractivity contribution < 1.29 is 12.9 Å². The second kappa shape index (κ2) is 7.46. The molecule has 0 saturated carbocycles. The molecule has 0 spiro atoms. The van der Waals surface area contributed by atoms with Crippen LogP contribution in [0, 0.1) is 5.92 Å². The maximum Gasteiger partial charge on any atom is 0.217 e. The van der Waals surface area contributed by atoms with Gasteiger partial charge < -0.3 is 4.52 Å². The number of likely N-dealkylation sites (tertiary alicyclic amines) is 1. The molecule has 1 saturated heterocycles. The highest BCUT2D eigenvalue weighted by Gasteiger charge is 2.31. The summed E-state index contributed by atoms with van der Waals surface area (Å²) in [6.45, 7) is 1.46. The predicted octanol–water partition coefficient (Wildman–Crippen LogP) is 2.18. The average molecular weight is 349 g/mol. The smallest absolute Gasteiger partial charge is 0.217 e. The maximum atomic E-state index is 12.3. The van der Waals surface area contributed by atoms with Crippen molar-refractivity contribution in [2.75, 3.05) is 20.1 Å². The lowest BCUT2D eigenvalue weighted by Gasteiger charge is -2.39. The Morgan fingerprint density at radius 1 is 1.29 bits per heavy atom. The van der Waals surface area contributed by atoms with Gasteiger partial charge in [-0.2, -0.15) is 0 Å². The van der Waals surface area contributed by atoms with Crippen LogP contribution in [0.25, 0.3) is 0 Å². The van der Waals surface area contributed by atoms with E-state index in [0.29, 0.717) is 12.2 Å². The van der Waals surface area contributed by atoms with Crippen LogP contribution in [0.5, 0.6) is 0 Å². The van der Waals surface area contributed by atoms with Crippen LogP contribution in [0.4, 0.5) is 0 Å². The largest absolute Gasteiger partial charge is 0.364 e. The van der Waals surface area contributed by atoms with E-state index in [1.54, 1.807) is 6.07 Å². The Labute approximate surface area is 142 Å². The van der Waals surface area contributed by atoms with Crippen molar-refractivity contribution in [3.8, 4) is 0 Å². The highest BCUT2D eigenvalue weighted by atomic mass is 32.2. The van der Waals surface area contributed by atoms with E-state index in [1.165, 1.54) is 11.8 Å². The molecule has 0 unspecified atom stereocenters. The van der Waals surface area contributed by atoms with Crippen LogP contribution in [-0.4, -0.2) is 38.6 Å². The summed E-state index contributed by atoms with van der Waals surface area (Å²) in [5, 5.41) is 3.67. The van der Waals surface area contributed by atoms with Crippen LogP contribution in [0.3, 0.4) is 0 Å². The molecule has 0 amide bonds. The molecule has 24 heavy (non-hydrogen) atoms. The first-order valence-electron chi connectivity index (χ1n) is 8.17. The van der Waals surface area contributed by atoms with Crippen LogP contribution >= 0.6 is 0 Å². The molecule has 130 valence electrons. The fraction of sp³-hybridized carbons (Fsp3) is 0.471. The number of hydrogen-bond acceptors (Lipinski definition) is 5. The molecule has 1 aromatic heterocycles. The number of sulfonamides is 1. The molecule has 1 aromatic carbocycles. The quantitative estimate of drug-likeness (QED) is 0.865. The van der Waals surface area contributed by atoms with Gasteiger partial charge in [-0.3, -0.25) is 4.90 Å². The van der Waals surface area contributed by atoms with Gasteiger partial charge in [-0.05, 0) is 37.9 Å². The molecule has 1 aliphatic rings. The van der Waals surface area contributed by atoms with Gasteiger partial charge in [0.25, 0.3) is 0 Å². The summed E-state index contributed by atoms with van der Waals surface area (Å²) in [6.07, 6.45) is 3.47. The Hall–Kier alpha value is -1.70. The van der Waals surface area contributed by atoms with Gasteiger partial charge >= 0.3 is 0 Å². The normalized spacial score (nSPS) is 22.5. The number of rotatable bonds is 6. The summed E-state index contributed by atoms with van der Waals surface area (Å²) in [7, 11) is -1.31. The molecular weight excluding hydrogens is 326 g/mol. The lowest BCUT2D eigenvalue weighted by Crippen LogP contribution is -2.42. The molecule has 1 aliphatic heterocycles. The number of aromatic nitrogens is 1. The van der Waals surface area contributed by atoms with Gasteiger partial charge in [0.15, 0.2) is 0 Å². The van der Waals surface area contributed by atoms with E-state index in [2.05, 4.69) is 34.0 Å². The Bertz CT molecular complexity index is 732. The van der Waals surface area contributed by atoms with Gasteiger partial charge in [0.1, 0.15) is 12.0 Å². The van der Waals surface area contributed by atoms with Crippen molar-refractivity contribution in [2.24, 2.45) is 5.92 Å². The fourth-order valence-electron chi connectivity index (χ4n) is 3.44. The summed E-state index contributed by atoms with van der Waals surface area (Å²) in [6, 6.07) is 12.1. The number of nitrogens with one attached hydrogen (secondary N) is 1. The Balaban J connectivity index is 1.68. The summed E-state index contributed by atoms with van der Waals surface area (Å²) < 4.78 is 32.0. The van der Waals surface area contributed by atoms with Crippen molar-refractivity contribution in [3.63, 3.8) is 0 Å². The Kier molecular flexibility index (Phi) is 5.33. The summed E-state index contributed by atoms with van der Waals surface area (Å²) in [4.78, 5) is 2.31. The van der Waals surface area contributed by atoms with Crippen molar-refractivity contribution in [1.82, 2.24) is 14.8 Å². The van der Waals surface area contributed by atoms with Gasteiger partial charge in [-0.1, -0.05) is 35.5 Å². The van der Waals surface area contributed by atoms with E-state index >= 15 is 0 Å². The summed E-state index contributed by atoms with van der Waals surface area (Å²) in [5.74, 6) is 0.0976. The van der Waals surface area contributed by atoms with E-state index in [-0.39, 0.29) is 17.7 Å². The first kappa shape index (κ1) is 17.1. The monoisotopic (exact) mass is 349 g/mol. The van der Waals surface area contributed by atoms with Crippen LogP contribution in [0.2, 0.25) is 0 Å². The molecule has 0 radical (unpaired) electrons. The SMILES string of the molecule is CN1CCC[C@@H](CNS(=O)(=O)Cc2ccon2)[C@@H]1c1ccccc1. The lowest BCUT2D eigenvalue weighted by molar-refractivity contribution is 0.123. The Morgan fingerprint density at radius 2 is 2.08 bits per heavy atom. The van der Waals surface area contributed by atoms with Gasteiger partial charge in [0.2, 0.25) is 10.0 Å². The number of hydrogen-bond donors (Lipinski definition) is 1. The van der Waals surface area contributed by atoms with E-state index in [1.807, 2.05) is 18.2 Å². The van der Waals surface area contributed by atoms with Gasteiger partial charge in [-0.25, -0.2) is 13.1 Å². The number of nitrogens with zero attached hydrogens (tertiary/aromatic N) is 2. The van der Waals surface area contributed by atoms with Crippen LogP contribution in [0.15, 0.2) is 47.2 Å². The molecule has 0 aliphatic carbocycles. The second-order valence-electron chi connectivity index (χ2n) is 6.34. The molecule has 0 bridgehead atoms. The third-order valence-electron chi connectivity index (χ3n) is 4.54. The highest BCUT2D eigenvalue weighted by Crippen LogP contribution is 2.34. The standard InChI is InChI=1S/C17H23N3O3S/c1-20-10-5-8-15(17(20)14-6-3-2-4-7-14)12-18-24(21,22)13-16-9-11-23-19-16/h2-4,6-7,9,11,15,17-18H,5,8,10,12-13H2,1H3/t15-,17-/m0/s1. The van der Waals surface area contributed by atoms with E-state index in [9.17, 15) is 8.42 Å². The molecule has 2 heterocycles. The second-order valence-corrected chi connectivity index (χ2v) is 8.14. The fourth-order valence-corrected chi connectivity index (χ4v) is 4.55. The van der Waals surface area contributed by atoms with E-state index in [0.717, 1.165) is 19.4 Å².